The van der Waals surface area contributed by atoms with Crippen molar-refractivity contribution in [1.82, 2.24) is 5.32 Å². The average Bonchev–Trinajstić information content (AvgIpc) is 3.16. The number of alkyl carbamates (subject to hydrolysis) is 1. The van der Waals surface area contributed by atoms with E-state index in [1.165, 1.54) is 56.9 Å². The number of rotatable bonds is 8. The lowest BCUT2D eigenvalue weighted by Crippen LogP contribution is -2.51. The molecule has 0 saturated heterocycles. The lowest BCUT2D eigenvalue weighted by Gasteiger charge is -2.58. The molecule has 8 atom stereocenters. The molecule has 0 aromatic heterocycles. The highest BCUT2D eigenvalue weighted by atomic mass is 16.6. The van der Waals surface area contributed by atoms with Gasteiger partial charge in [-0.3, -0.25) is 10.7 Å². The van der Waals surface area contributed by atoms with Crippen LogP contribution in [0.4, 0.5) is 4.79 Å². The second-order valence-electron chi connectivity index (χ2n) is 13.7. The topological polar surface area (TPSA) is 88.2 Å². The van der Waals surface area contributed by atoms with Crippen molar-refractivity contribution in [1.29, 1.82) is 5.41 Å². The van der Waals surface area contributed by atoms with Crippen LogP contribution in [-0.4, -0.2) is 24.6 Å². The third-order valence-corrected chi connectivity index (χ3v) is 11.2. The molecule has 4 aliphatic carbocycles. The van der Waals surface area contributed by atoms with E-state index in [-0.39, 0.29) is 17.4 Å². The van der Waals surface area contributed by atoms with Crippen LogP contribution >= 0.6 is 0 Å². The van der Waals surface area contributed by atoms with Crippen LogP contribution < -0.4 is 11.1 Å². The molecule has 36 heavy (non-hydrogen) atoms. The van der Waals surface area contributed by atoms with Crippen molar-refractivity contribution in [2.45, 2.75) is 118 Å². The number of hydrogen-bond donors (Lipinski definition) is 3. The second-order valence-corrected chi connectivity index (χ2v) is 13.7. The molecule has 4 aliphatic rings. The molecule has 3 saturated carbocycles. The van der Waals surface area contributed by atoms with Gasteiger partial charge >= 0.3 is 6.09 Å². The van der Waals surface area contributed by atoms with Gasteiger partial charge in [-0.05, 0) is 97.8 Å². The molecular weight excluding hydrogens is 446 g/mol. The summed E-state index contributed by atoms with van der Waals surface area (Å²) in [6, 6.07) is 0. The predicted molar refractivity (Wildman–Crippen MR) is 148 cm³/mol. The van der Waals surface area contributed by atoms with Crippen LogP contribution in [0.15, 0.2) is 11.6 Å². The molecule has 5 heteroatoms. The van der Waals surface area contributed by atoms with E-state index in [2.05, 4.69) is 46.0 Å². The van der Waals surface area contributed by atoms with Crippen molar-refractivity contribution in [3.63, 3.8) is 0 Å². The molecule has 204 valence electrons. The van der Waals surface area contributed by atoms with Crippen LogP contribution in [0.25, 0.3) is 0 Å². The summed E-state index contributed by atoms with van der Waals surface area (Å²) in [5, 5.41) is 10.3. The zero-order chi connectivity index (χ0) is 26.1. The summed E-state index contributed by atoms with van der Waals surface area (Å²) in [4.78, 5) is 12.3. The number of allylic oxidation sites excluding steroid dienone is 1. The smallest absolute Gasteiger partial charge is 0.412 e. The summed E-state index contributed by atoms with van der Waals surface area (Å²) < 4.78 is 5.74. The number of nitrogens with one attached hydrogen (secondary N) is 2. The minimum absolute atomic E-state index is 0.0806. The summed E-state index contributed by atoms with van der Waals surface area (Å²) in [5.41, 5.74) is 7.79. The highest BCUT2D eigenvalue weighted by Gasteiger charge is 2.59. The largest absolute Gasteiger partial charge is 0.446 e. The summed E-state index contributed by atoms with van der Waals surface area (Å²) >= 11 is 0. The molecule has 0 aliphatic heterocycles. The summed E-state index contributed by atoms with van der Waals surface area (Å²) in [6.07, 6.45) is 16.2. The Morgan fingerprint density at radius 2 is 1.92 bits per heavy atom. The van der Waals surface area contributed by atoms with Crippen molar-refractivity contribution in [2.75, 3.05) is 6.54 Å². The van der Waals surface area contributed by atoms with Gasteiger partial charge in [-0.25, -0.2) is 4.79 Å². The van der Waals surface area contributed by atoms with Crippen LogP contribution in [-0.2, 0) is 4.74 Å². The first-order chi connectivity index (χ1) is 17.1. The first-order valence-corrected chi connectivity index (χ1v) is 15.0. The van der Waals surface area contributed by atoms with E-state index in [1.807, 2.05) is 0 Å². The Morgan fingerprint density at radius 1 is 1.14 bits per heavy atom. The van der Waals surface area contributed by atoms with Gasteiger partial charge in [0, 0.05) is 12.8 Å². The van der Waals surface area contributed by atoms with Crippen LogP contribution in [0.3, 0.4) is 0 Å². The normalized spacial score (nSPS) is 38.4. The Hall–Kier alpha value is -1.36. The maximum atomic E-state index is 12.3. The molecule has 0 radical (unpaired) electrons. The fourth-order valence-electron chi connectivity index (χ4n) is 9.26. The molecule has 0 unspecified atom stereocenters. The Morgan fingerprint density at radius 3 is 2.64 bits per heavy atom. The lowest BCUT2D eigenvalue weighted by molar-refractivity contribution is -0.0580. The van der Waals surface area contributed by atoms with Crippen molar-refractivity contribution < 1.29 is 9.53 Å². The molecule has 0 aromatic rings. The van der Waals surface area contributed by atoms with Gasteiger partial charge in [0.2, 0.25) is 0 Å². The SMILES string of the molecule is CC(C)CCC[C@@H](C)[C@H]1CC[C@H]2[C@@H]3CC=C4C[C@@H](OC(=O)NC(=N)CCN)CC[C@]4(C)[C@H]3CC[C@]12C. The highest BCUT2D eigenvalue weighted by Crippen LogP contribution is 2.67. The van der Waals surface area contributed by atoms with Crippen LogP contribution in [0.2, 0.25) is 0 Å². The maximum absolute atomic E-state index is 12.3. The molecule has 0 heterocycles. The van der Waals surface area contributed by atoms with Crippen LogP contribution in [0.1, 0.15) is 112 Å². The van der Waals surface area contributed by atoms with E-state index in [9.17, 15) is 4.79 Å². The van der Waals surface area contributed by atoms with Crippen molar-refractivity contribution >= 4 is 11.9 Å². The van der Waals surface area contributed by atoms with Gasteiger partial charge in [0.05, 0.1) is 0 Å². The Kier molecular flexibility index (Phi) is 8.59. The molecule has 1 amide bonds. The monoisotopic (exact) mass is 499 g/mol. The maximum Gasteiger partial charge on any atom is 0.412 e. The van der Waals surface area contributed by atoms with Crippen LogP contribution in [0.5, 0.6) is 0 Å². The minimum Gasteiger partial charge on any atom is -0.446 e. The predicted octanol–water partition coefficient (Wildman–Crippen LogP) is 7.45. The second kappa shape index (κ2) is 11.2. The first-order valence-electron chi connectivity index (χ1n) is 15.0. The van der Waals surface area contributed by atoms with Gasteiger partial charge in [0.1, 0.15) is 11.9 Å². The Bertz CT molecular complexity index is 838. The summed E-state index contributed by atoms with van der Waals surface area (Å²) in [6.45, 7) is 12.8. The zero-order valence-electron chi connectivity index (χ0n) is 23.7. The van der Waals surface area contributed by atoms with Gasteiger partial charge in [-0.1, -0.05) is 65.5 Å². The Labute approximate surface area is 220 Å². The number of hydrogen-bond acceptors (Lipinski definition) is 4. The molecule has 0 bridgehead atoms. The minimum atomic E-state index is -0.496. The number of amides is 1. The highest BCUT2D eigenvalue weighted by molar-refractivity contribution is 5.93. The molecule has 4 N–H and O–H groups in total. The molecule has 4 rings (SSSR count). The number of ether oxygens (including phenoxy) is 1. The van der Waals surface area contributed by atoms with E-state index in [0.717, 1.165) is 54.8 Å². The molecule has 3 fully saturated rings. The average molecular weight is 500 g/mol. The van der Waals surface area contributed by atoms with Gasteiger partial charge in [0.15, 0.2) is 0 Å². The van der Waals surface area contributed by atoms with Crippen LogP contribution in [0, 0.1) is 51.7 Å². The zero-order valence-corrected chi connectivity index (χ0v) is 23.7. The first kappa shape index (κ1) is 27.7. The molecule has 0 aromatic carbocycles. The quantitative estimate of drug-likeness (QED) is 0.184. The lowest BCUT2D eigenvalue weighted by atomic mass is 9.47. The summed E-state index contributed by atoms with van der Waals surface area (Å²) in [7, 11) is 0. The number of fused-ring (bicyclic) bond motifs is 5. The van der Waals surface area contributed by atoms with E-state index in [4.69, 9.17) is 15.9 Å². The fourth-order valence-corrected chi connectivity index (χ4v) is 9.26. The van der Waals surface area contributed by atoms with Crippen molar-refractivity contribution in [3.8, 4) is 0 Å². The van der Waals surface area contributed by atoms with Gasteiger partial charge in [-0.15, -0.1) is 0 Å². The van der Waals surface area contributed by atoms with Crippen molar-refractivity contribution in [3.05, 3.63) is 11.6 Å². The number of nitrogens with two attached hydrogens (primary N) is 1. The fraction of sp³-hybridized carbons (Fsp3) is 0.871. The van der Waals surface area contributed by atoms with Gasteiger partial charge < -0.3 is 10.5 Å². The van der Waals surface area contributed by atoms with E-state index < -0.39 is 6.09 Å². The van der Waals surface area contributed by atoms with Crippen molar-refractivity contribution in [2.24, 2.45) is 52.1 Å². The third-order valence-electron chi connectivity index (χ3n) is 11.2. The third kappa shape index (κ3) is 5.42. The standard InChI is InChI=1S/C31H53N3O2/c1-20(2)7-6-8-21(3)25-11-12-26-24-10-9-22-19-23(36-29(35)34-28(33)15-18-32)13-16-30(22,4)27(24)14-17-31(25,26)5/h9,20-21,23-27H,6-8,10-19,32H2,1-5H3,(H2,33,34,35)/t21-,23+,24+,25-,26+,27+,30+,31-/m1/s1. The van der Waals surface area contributed by atoms with Gasteiger partial charge in [-0.2, -0.15) is 0 Å². The summed E-state index contributed by atoms with van der Waals surface area (Å²) in [5.74, 6) is 5.18. The number of carbonyl (C=O) groups excluding carboxylic acids is 1. The van der Waals surface area contributed by atoms with Gasteiger partial charge in [0.25, 0.3) is 0 Å². The van der Waals surface area contributed by atoms with E-state index in [0.29, 0.717) is 18.4 Å². The Balaban J connectivity index is 1.39. The van der Waals surface area contributed by atoms with E-state index in [1.54, 1.807) is 0 Å². The number of amidine groups is 1. The molecule has 0 spiro atoms. The number of carbonyl (C=O) groups is 1. The molecular formula is C31H53N3O2. The molecule has 5 nitrogen and oxygen atoms in total. The van der Waals surface area contributed by atoms with E-state index >= 15 is 0 Å².